The standard InChI is InChI=1S/C16H20O8/c1-3-15(11(17)18,12(19)20)9-5-7-10(8-6-9)16(4-2,13(21)22)14(23)24/h3-4,9-10H,1-2,5-8H2,(H,17,18)(H,19,20)(H,21,22)(H,23,24). The lowest BCUT2D eigenvalue weighted by Crippen LogP contribution is -2.49. The van der Waals surface area contributed by atoms with Crippen LogP contribution in [-0.4, -0.2) is 44.3 Å². The summed E-state index contributed by atoms with van der Waals surface area (Å²) in [4.78, 5) is 46.0. The number of carboxylic acids is 4. The van der Waals surface area contributed by atoms with E-state index in [4.69, 9.17) is 0 Å². The molecule has 1 rings (SSSR count). The van der Waals surface area contributed by atoms with Gasteiger partial charge >= 0.3 is 23.9 Å². The minimum Gasteiger partial charge on any atom is -0.480 e. The number of rotatable bonds is 8. The van der Waals surface area contributed by atoms with Gasteiger partial charge in [-0.3, -0.25) is 19.2 Å². The SMILES string of the molecule is C=CC(C(=O)O)(C(=O)O)C1CCC(C(C=C)(C(=O)O)C(=O)O)CC1. The van der Waals surface area contributed by atoms with Crippen LogP contribution in [0.1, 0.15) is 25.7 Å². The lowest BCUT2D eigenvalue weighted by Gasteiger charge is -2.40. The van der Waals surface area contributed by atoms with E-state index < -0.39 is 46.5 Å². The summed E-state index contributed by atoms with van der Waals surface area (Å²) >= 11 is 0. The molecule has 0 aromatic heterocycles. The minimum atomic E-state index is -2.17. The molecule has 1 aliphatic rings. The largest absolute Gasteiger partial charge is 0.480 e. The Balaban J connectivity index is 3.12. The lowest BCUT2D eigenvalue weighted by molar-refractivity contribution is -0.171. The van der Waals surface area contributed by atoms with Crippen LogP contribution in [0.5, 0.6) is 0 Å². The first kappa shape index (κ1) is 19.4. The van der Waals surface area contributed by atoms with Crippen molar-refractivity contribution in [1.29, 1.82) is 0 Å². The molecule has 0 aromatic rings. The second-order valence-electron chi connectivity index (χ2n) is 5.92. The molecule has 0 spiro atoms. The van der Waals surface area contributed by atoms with Crippen molar-refractivity contribution in [3.05, 3.63) is 25.3 Å². The van der Waals surface area contributed by atoms with Crippen LogP contribution >= 0.6 is 0 Å². The highest BCUT2D eigenvalue weighted by Gasteiger charge is 2.56. The number of carbonyl (C=O) groups is 4. The van der Waals surface area contributed by atoms with Gasteiger partial charge in [-0.15, -0.1) is 13.2 Å². The van der Waals surface area contributed by atoms with Crippen LogP contribution in [0.15, 0.2) is 25.3 Å². The van der Waals surface area contributed by atoms with E-state index in [0.717, 1.165) is 12.2 Å². The third-order valence-corrected chi connectivity index (χ3v) is 5.07. The maximum atomic E-state index is 11.5. The van der Waals surface area contributed by atoms with Crippen molar-refractivity contribution in [2.45, 2.75) is 25.7 Å². The van der Waals surface area contributed by atoms with E-state index in [9.17, 15) is 39.6 Å². The first-order valence-electron chi connectivity index (χ1n) is 7.32. The molecule has 0 radical (unpaired) electrons. The molecular formula is C16H20O8. The van der Waals surface area contributed by atoms with Crippen LogP contribution in [0.2, 0.25) is 0 Å². The summed E-state index contributed by atoms with van der Waals surface area (Å²) in [5.74, 6) is -7.77. The average molecular weight is 340 g/mol. The minimum absolute atomic E-state index is 0.0609. The van der Waals surface area contributed by atoms with Crippen molar-refractivity contribution < 1.29 is 39.6 Å². The van der Waals surface area contributed by atoms with Crippen LogP contribution in [0.25, 0.3) is 0 Å². The zero-order chi connectivity index (χ0) is 18.7. The number of carboxylic acid groups (broad SMARTS) is 4. The summed E-state index contributed by atoms with van der Waals surface area (Å²) in [6, 6.07) is 0. The molecule has 1 aliphatic carbocycles. The molecule has 0 saturated heterocycles. The highest BCUT2D eigenvalue weighted by molar-refractivity contribution is 6.01. The summed E-state index contributed by atoms with van der Waals surface area (Å²) in [5.41, 5.74) is -4.34. The number of hydrogen-bond donors (Lipinski definition) is 4. The monoisotopic (exact) mass is 340 g/mol. The fourth-order valence-corrected chi connectivity index (χ4v) is 3.57. The Morgan fingerprint density at radius 1 is 0.667 bits per heavy atom. The number of hydrogen-bond acceptors (Lipinski definition) is 4. The van der Waals surface area contributed by atoms with Crippen LogP contribution in [-0.2, 0) is 19.2 Å². The van der Waals surface area contributed by atoms with Crippen LogP contribution in [0.4, 0.5) is 0 Å². The van der Waals surface area contributed by atoms with Crippen molar-refractivity contribution in [3.63, 3.8) is 0 Å². The zero-order valence-corrected chi connectivity index (χ0v) is 13.0. The molecule has 0 heterocycles. The highest BCUT2D eigenvalue weighted by Crippen LogP contribution is 2.47. The number of aliphatic carboxylic acids is 4. The maximum Gasteiger partial charge on any atom is 0.325 e. The van der Waals surface area contributed by atoms with Gasteiger partial charge in [0.2, 0.25) is 0 Å². The van der Waals surface area contributed by atoms with Gasteiger partial charge in [0.05, 0.1) is 0 Å². The van der Waals surface area contributed by atoms with Gasteiger partial charge in [-0.1, -0.05) is 12.2 Å². The predicted molar refractivity (Wildman–Crippen MR) is 81.3 cm³/mol. The summed E-state index contributed by atoms with van der Waals surface area (Å²) in [7, 11) is 0. The van der Waals surface area contributed by atoms with Gasteiger partial charge in [-0.2, -0.15) is 0 Å². The Morgan fingerprint density at radius 3 is 1.00 bits per heavy atom. The van der Waals surface area contributed by atoms with Crippen molar-refractivity contribution in [3.8, 4) is 0 Å². The summed E-state index contributed by atoms with van der Waals surface area (Å²) < 4.78 is 0. The first-order valence-corrected chi connectivity index (χ1v) is 7.32. The Morgan fingerprint density at radius 2 is 0.875 bits per heavy atom. The van der Waals surface area contributed by atoms with Gasteiger partial charge in [-0.25, -0.2) is 0 Å². The van der Waals surface area contributed by atoms with Gasteiger partial charge in [0.1, 0.15) is 0 Å². The van der Waals surface area contributed by atoms with E-state index in [1.807, 2.05) is 0 Å². The van der Waals surface area contributed by atoms with E-state index in [1.54, 1.807) is 0 Å². The Hall–Kier alpha value is -2.64. The van der Waals surface area contributed by atoms with E-state index in [2.05, 4.69) is 13.2 Å². The fraction of sp³-hybridized carbons (Fsp3) is 0.500. The van der Waals surface area contributed by atoms with E-state index >= 15 is 0 Å². The third kappa shape index (κ3) is 2.68. The molecule has 1 fully saturated rings. The van der Waals surface area contributed by atoms with E-state index in [-0.39, 0.29) is 25.7 Å². The normalized spacial score (nSPS) is 21.5. The molecule has 0 bridgehead atoms. The van der Waals surface area contributed by atoms with Crippen molar-refractivity contribution >= 4 is 23.9 Å². The second kappa shape index (κ2) is 6.86. The lowest BCUT2D eigenvalue weighted by atomic mass is 9.61. The summed E-state index contributed by atoms with van der Waals surface area (Å²) in [6.07, 6.45) is 1.99. The first-order chi connectivity index (χ1) is 11.1. The molecule has 0 unspecified atom stereocenters. The van der Waals surface area contributed by atoms with Gasteiger partial charge in [0, 0.05) is 0 Å². The molecule has 8 heteroatoms. The molecule has 1 saturated carbocycles. The fourth-order valence-electron chi connectivity index (χ4n) is 3.57. The summed E-state index contributed by atoms with van der Waals surface area (Å²) in [6.45, 7) is 6.65. The molecule has 132 valence electrons. The summed E-state index contributed by atoms with van der Waals surface area (Å²) in [5, 5.41) is 37.4. The average Bonchev–Trinajstić information content (AvgIpc) is 2.49. The Kier molecular flexibility index (Phi) is 5.54. The molecule has 0 aliphatic heterocycles. The molecule has 24 heavy (non-hydrogen) atoms. The van der Waals surface area contributed by atoms with Crippen LogP contribution < -0.4 is 0 Å². The predicted octanol–water partition coefficient (Wildman–Crippen LogP) is 1.48. The van der Waals surface area contributed by atoms with Gasteiger partial charge in [0.25, 0.3) is 0 Å². The van der Waals surface area contributed by atoms with Gasteiger partial charge in [-0.05, 0) is 37.5 Å². The van der Waals surface area contributed by atoms with Gasteiger partial charge < -0.3 is 20.4 Å². The second-order valence-corrected chi connectivity index (χ2v) is 5.92. The van der Waals surface area contributed by atoms with E-state index in [0.29, 0.717) is 0 Å². The molecule has 8 nitrogen and oxygen atoms in total. The van der Waals surface area contributed by atoms with Crippen molar-refractivity contribution in [1.82, 2.24) is 0 Å². The van der Waals surface area contributed by atoms with Crippen LogP contribution in [0.3, 0.4) is 0 Å². The van der Waals surface area contributed by atoms with E-state index in [1.165, 1.54) is 0 Å². The molecular weight excluding hydrogens is 320 g/mol. The Labute approximate surface area is 138 Å². The van der Waals surface area contributed by atoms with Crippen molar-refractivity contribution in [2.75, 3.05) is 0 Å². The highest BCUT2D eigenvalue weighted by atomic mass is 16.4. The Bertz CT molecular complexity index is 503. The van der Waals surface area contributed by atoms with Gasteiger partial charge in [0.15, 0.2) is 10.8 Å². The maximum absolute atomic E-state index is 11.5. The molecule has 4 N–H and O–H groups in total. The quantitative estimate of drug-likeness (QED) is 0.383. The van der Waals surface area contributed by atoms with Crippen molar-refractivity contribution in [2.24, 2.45) is 22.7 Å². The molecule has 0 atom stereocenters. The van der Waals surface area contributed by atoms with Crippen LogP contribution in [0, 0.1) is 22.7 Å². The zero-order valence-electron chi connectivity index (χ0n) is 13.0. The smallest absolute Gasteiger partial charge is 0.325 e. The third-order valence-electron chi connectivity index (χ3n) is 5.07. The topological polar surface area (TPSA) is 149 Å². The molecule has 0 aromatic carbocycles. The molecule has 0 amide bonds.